The summed E-state index contributed by atoms with van der Waals surface area (Å²) in [6, 6.07) is 7.56. The number of pyridine rings is 2. The Bertz CT molecular complexity index is 2030. The van der Waals surface area contributed by atoms with Crippen LogP contribution in [0.25, 0.3) is 43.7 Å². The van der Waals surface area contributed by atoms with Crippen molar-refractivity contribution in [3.05, 3.63) is 91.4 Å². The number of H-pyrrole nitrogens is 1. The molecular weight excluding hydrogens is 475 g/mol. The lowest BCUT2D eigenvalue weighted by atomic mass is 10.1. The van der Waals surface area contributed by atoms with Crippen molar-refractivity contribution in [3.63, 3.8) is 0 Å². The third kappa shape index (κ3) is 3.96. The molecule has 0 aliphatic heterocycles. The highest BCUT2D eigenvalue weighted by Crippen LogP contribution is 2.26. The Kier molecular flexibility index (Phi) is 5.47. The summed E-state index contributed by atoms with van der Waals surface area (Å²) in [7, 11) is 3.21. The first kappa shape index (κ1) is 24.3. The van der Waals surface area contributed by atoms with Crippen molar-refractivity contribution in [2.24, 2.45) is 14.1 Å². The van der Waals surface area contributed by atoms with Crippen LogP contribution in [0.4, 0.5) is 4.39 Å². The van der Waals surface area contributed by atoms with E-state index >= 15 is 0 Å². The summed E-state index contributed by atoms with van der Waals surface area (Å²) < 4.78 is 25.1. The molecule has 0 aliphatic rings. The van der Waals surface area contributed by atoms with E-state index in [1.165, 1.54) is 25.8 Å². The highest BCUT2D eigenvalue weighted by atomic mass is 19.1. The van der Waals surface area contributed by atoms with Crippen LogP contribution in [-0.4, -0.2) is 18.7 Å². The van der Waals surface area contributed by atoms with Gasteiger partial charge in [-0.2, -0.15) is 0 Å². The number of aromatic amines is 1. The van der Waals surface area contributed by atoms with Gasteiger partial charge in [0, 0.05) is 59.8 Å². The van der Waals surface area contributed by atoms with Crippen LogP contribution in [-0.2, 0) is 19.6 Å². The standard InChI is InChI=1S/C28H27FN4O4/c1-15-11-17(29)12-16-7-10-33(28(2,3)4)25(34)21-13-19-20(14-32(6)26(35)22(19)30-21)18-8-9-31(5)27(36)24(18)37-23(15)16/h7-14,30H,1-6H3. The first-order valence-electron chi connectivity index (χ1n) is 11.8. The first-order chi connectivity index (χ1) is 17.4. The van der Waals surface area contributed by atoms with Crippen molar-refractivity contribution in [3.8, 4) is 0 Å². The number of halogens is 1. The average Bonchev–Trinajstić information content (AvgIpc) is 3.26. The number of benzene rings is 1. The SMILES string of the molecule is Cc1cc(F)cc2ccn(C(C)(C)C)c(=O)c3cc4c([nH]3)c(=O)n(C)cc4c3ccn(C)c(=O)c3oc12. The molecule has 0 aliphatic carbocycles. The van der Waals surface area contributed by atoms with Gasteiger partial charge < -0.3 is 23.1 Å². The molecule has 0 amide bonds. The largest absolute Gasteiger partial charge is 0.450 e. The molecule has 4 heterocycles. The minimum atomic E-state index is -0.652. The fourth-order valence-electron chi connectivity index (χ4n) is 4.58. The van der Waals surface area contributed by atoms with Crippen LogP contribution in [0, 0.1) is 12.7 Å². The third-order valence-electron chi connectivity index (χ3n) is 6.53. The highest BCUT2D eigenvalue weighted by Gasteiger charge is 2.17. The van der Waals surface area contributed by atoms with Gasteiger partial charge in [0.25, 0.3) is 16.7 Å². The monoisotopic (exact) mass is 502 g/mol. The first-order valence-corrected chi connectivity index (χ1v) is 11.8. The Labute approximate surface area is 210 Å². The molecule has 0 spiro atoms. The number of hydrogen-bond acceptors (Lipinski definition) is 4. The van der Waals surface area contributed by atoms with Crippen molar-refractivity contribution in [2.45, 2.75) is 33.2 Å². The van der Waals surface area contributed by atoms with Crippen molar-refractivity contribution < 1.29 is 8.81 Å². The maximum atomic E-state index is 14.5. The van der Waals surface area contributed by atoms with Gasteiger partial charge in [-0.1, -0.05) is 0 Å². The van der Waals surface area contributed by atoms with Gasteiger partial charge >= 0.3 is 0 Å². The number of fused-ring (bicyclic) bond motifs is 4. The van der Waals surface area contributed by atoms with Gasteiger partial charge in [0.15, 0.2) is 0 Å². The fourth-order valence-corrected chi connectivity index (χ4v) is 4.58. The Morgan fingerprint density at radius 2 is 1.57 bits per heavy atom. The normalized spacial score (nSPS) is 12.0. The molecule has 1 N–H and O–H groups in total. The number of nitrogens with one attached hydrogen (secondary N) is 1. The maximum Gasteiger partial charge on any atom is 0.293 e. The van der Waals surface area contributed by atoms with Gasteiger partial charge in [-0.3, -0.25) is 14.4 Å². The van der Waals surface area contributed by atoms with Gasteiger partial charge in [0.1, 0.15) is 22.4 Å². The van der Waals surface area contributed by atoms with E-state index in [1.807, 2.05) is 20.8 Å². The molecule has 1 aromatic carbocycles. The number of aryl methyl sites for hydroxylation is 3. The van der Waals surface area contributed by atoms with E-state index < -0.39 is 16.9 Å². The second-order valence-corrected chi connectivity index (χ2v) is 10.3. The van der Waals surface area contributed by atoms with Crippen LogP contribution in [0.15, 0.2) is 67.7 Å². The average molecular weight is 503 g/mol. The van der Waals surface area contributed by atoms with Gasteiger partial charge in [-0.15, -0.1) is 0 Å². The Morgan fingerprint density at radius 3 is 2.27 bits per heavy atom. The fraction of sp³-hybridized carbons (Fsp3) is 0.250. The second-order valence-electron chi connectivity index (χ2n) is 10.3. The molecule has 5 aromatic rings. The van der Waals surface area contributed by atoms with Crippen molar-refractivity contribution in [1.82, 2.24) is 18.7 Å². The molecule has 0 atom stereocenters. The molecule has 0 fully saturated rings. The van der Waals surface area contributed by atoms with Crippen molar-refractivity contribution in [2.75, 3.05) is 0 Å². The van der Waals surface area contributed by atoms with E-state index in [1.54, 1.807) is 57.8 Å². The minimum Gasteiger partial charge on any atom is -0.450 e. The van der Waals surface area contributed by atoms with Crippen LogP contribution < -0.4 is 16.7 Å². The molecule has 0 saturated carbocycles. The number of hydrogen-bond donors (Lipinski definition) is 1. The quantitative estimate of drug-likeness (QED) is 0.333. The summed E-state index contributed by atoms with van der Waals surface area (Å²) in [6.07, 6.45) is 4.79. The van der Waals surface area contributed by atoms with E-state index in [-0.39, 0.29) is 33.3 Å². The van der Waals surface area contributed by atoms with Gasteiger partial charge in [-0.05, 0) is 63.6 Å². The molecule has 2 bridgehead atoms. The summed E-state index contributed by atoms with van der Waals surface area (Å²) in [5, 5.41) is 1.83. The van der Waals surface area contributed by atoms with E-state index in [2.05, 4.69) is 4.98 Å². The van der Waals surface area contributed by atoms with Crippen molar-refractivity contribution >= 4 is 43.7 Å². The predicted molar refractivity (Wildman–Crippen MR) is 144 cm³/mol. The molecule has 190 valence electrons. The molecule has 0 unspecified atom stereocenters. The van der Waals surface area contributed by atoms with Crippen LogP contribution in [0.5, 0.6) is 0 Å². The zero-order valence-electron chi connectivity index (χ0n) is 21.5. The van der Waals surface area contributed by atoms with Crippen LogP contribution >= 0.6 is 0 Å². The molecular formula is C28H27FN4O4. The Morgan fingerprint density at radius 1 is 0.838 bits per heavy atom. The summed E-state index contributed by atoms with van der Waals surface area (Å²) in [6.45, 7) is 7.30. The maximum absolute atomic E-state index is 14.5. The zero-order valence-corrected chi connectivity index (χ0v) is 21.5. The molecule has 9 heteroatoms. The smallest absolute Gasteiger partial charge is 0.293 e. The number of nitrogens with zero attached hydrogens (tertiary/aromatic N) is 3. The molecule has 8 nitrogen and oxygen atoms in total. The molecule has 0 saturated heterocycles. The Balaban J connectivity index is 2.26. The van der Waals surface area contributed by atoms with Gasteiger partial charge in [0.2, 0.25) is 5.58 Å². The van der Waals surface area contributed by atoms with E-state index in [0.717, 1.165) is 0 Å². The predicted octanol–water partition coefficient (Wildman–Crippen LogP) is 4.67. The van der Waals surface area contributed by atoms with Crippen molar-refractivity contribution in [1.29, 1.82) is 0 Å². The summed E-state index contributed by atoms with van der Waals surface area (Å²) in [4.78, 5) is 43.1. The summed E-state index contributed by atoms with van der Waals surface area (Å²) in [5.74, 6) is -0.475. The van der Waals surface area contributed by atoms with Crippen LogP contribution in [0.1, 0.15) is 26.3 Å². The van der Waals surface area contributed by atoms with E-state index in [9.17, 15) is 18.8 Å². The highest BCUT2D eigenvalue weighted by molar-refractivity contribution is 6.10. The van der Waals surface area contributed by atoms with E-state index in [4.69, 9.17) is 4.42 Å². The Hall–Kier alpha value is -4.40. The minimum absolute atomic E-state index is 0.0234. The second kappa shape index (κ2) is 8.33. The van der Waals surface area contributed by atoms with Gasteiger partial charge in [0.05, 0.1) is 0 Å². The number of rotatable bonds is 0. The topological polar surface area (TPSA) is 94.9 Å². The van der Waals surface area contributed by atoms with Crippen LogP contribution in [0.3, 0.4) is 0 Å². The third-order valence-corrected chi connectivity index (χ3v) is 6.53. The summed E-state index contributed by atoms with van der Waals surface area (Å²) in [5.41, 5.74) is -0.499. The summed E-state index contributed by atoms with van der Waals surface area (Å²) >= 11 is 0. The molecule has 37 heavy (non-hydrogen) atoms. The number of aromatic nitrogens is 4. The van der Waals surface area contributed by atoms with E-state index in [0.29, 0.717) is 27.1 Å². The van der Waals surface area contributed by atoms with Crippen LogP contribution in [0.2, 0.25) is 0 Å². The lowest BCUT2D eigenvalue weighted by molar-refractivity contribution is 0.386. The molecule has 0 radical (unpaired) electrons. The molecule has 4 aromatic heterocycles. The van der Waals surface area contributed by atoms with Gasteiger partial charge in [-0.25, -0.2) is 4.39 Å². The lowest BCUT2D eigenvalue weighted by Gasteiger charge is -2.21. The lowest BCUT2D eigenvalue weighted by Crippen LogP contribution is -2.32. The zero-order chi connectivity index (χ0) is 26.8. The molecule has 5 rings (SSSR count).